The van der Waals surface area contributed by atoms with E-state index in [-0.39, 0.29) is 11.9 Å². The number of hydrogen-bond donors (Lipinski definition) is 2. The molecule has 2 heterocycles. The van der Waals surface area contributed by atoms with Crippen molar-refractivity contribution in [2.75, 3.05) is 6.54 Å². The van der Waals surface area contributed by atoms with Gasteiger partial charge in [-0.15, -0.1) is 0 Å². The number of carbonyl (C=O) groups excluding carboxylic acids is 1. The molecule has 1 aliphatic carbocycles. The summed E-state index contributed by atoms with van der Waals surface area (Å²) in [7, 11) is 0. The number of nitrogens with zero attached hydrogens (tertiary/aromatic N) is 2. The van der Waals surface area contributed by atoms with Crippen LogP contribution < -0.4 is 5.32 Å². The van der Waals surface area contributed by atoms with Crippen molar-refractivity contribution in [2.45, 2.75) is 51.0 Å². The lowest BCUT2D eigenvalue weighted by Crippen LogP contribution is -2.37. The predicted molar refractivity (Wildman–Crippen MR) is 93.0 cm³/mol. The Bertz CT molecular complexity index is 857. The van der Waals surface area contributed by atoms with Crippen molar-refractivity contribution in [2.24, 2.45) is 0 Å². The zero-order chi connectivity index (χ0) is 19.2. The van der Waals surface area contributed by atoms with Gasteiger partial charge in [-0.2, -0.15) is 18.3 Å². The number of aromatic amines is 1. The van der Waals surface area contributed by atoms with E-state index in [2.05, 4.69) is 15.5 Å². The first-order valence-corrected chi connectivity index (χ1v) is 9.13. The van der Waals surface area contributed by atoms with E-state index in [0.29, 0.717) is 17.8 Å². The second kappa shape index (κ2) is 6.67. The van der Waals surface area contributed by atoms with Crippen LogP contribution in [0.4, 0.5) is 13.2 Å². The second-order valence-corrected chi connectivity index (χ2v) is 7.20. The molecule has 2 aliphatic rings. The van der Waals surface area contributed by atoms with Crippen LogP contribution in [-0.4, -0.2) is 33.6 Å². The van der Waals surface area contributed by atoms with Crippen LogP contribution in [0.3, 0.4) is 0 Å². The molecular formula is C19H21F3N4O. The maximum Gasteiger partial charge on any atom is 0.416 e. The molecule has 2 aromatic rings. The molecule has 4 rings (SSSR count). The van der Waals surface area contributed by atoms with Crippen LogP contribution in [0.1, 0.15) is 58.7 Å². The topological polar surface area (TPSA) is 61.0 Å². The highest BCUT2D eigenvalue weighted by Crippen LogP contribution is 2.38. The Morgan fingerprint density at radius 2 is 2.11 bits per heavy atom. The third-order valence-electron chi connectivity index (χ3n) is 5.30. The molecule has 5 nitrogen and oxygen atoms in total. The lowest BCUT2D eigenvalue weighted by atomic mass is 10.0. The van der Waals surface area contributed by atoms with Gasteiger partial charge in [-0.05, 0) is 37.5 Å². The van der Waals surface area contributed by atoms with Gasteiger partial charge in [-0.25, -0.2) is 0 Å². The number of hydrogen-bond acceptors (Lipinski definition) is 3. The Hall–Kier alpha value is -2.35. The van der Waals surface area contributed by atoms with Crippen molar-refractivity contribution < 1.29 is 18.0 Å². The van der Waals surface area contributed by atoms with Crippen LogP contribution in [0.25, 0.3) is 0 Å². The Balaban J connectivity index is 1.65. The smallest absolute Gasteiger partial charge is 0.327 e. The summed E-state index contributed by atoms with van der Waals surface area (Å²) < 4.78 is 39.2. The van der Waals surface area contributed by atoms with E-state index < -0.39 is 17.8 Å². The number of H-pyrrole nitrogens is 1. The van der Waals surface area contributed by atoms with Gasteiger partial charge in [0.1, 0.15) is 0 Å². The largest absolute Gasteiger partial charge is 0.416 e. The lowest BCUT2D eigenvalue weighted by Gasteiger charge is -2.30. The summed E-state index contributed by atoms with van der Waals surface area (Å²) in [5, 5.41) is 10.4. The highest BCUT2D eigenvalue weighted by Gasteiger charge is 2.39. The summed E-state index contributed by atoms with van der Waals surface area (Å²) in [6, 6.07) is 4.81. The number of aromatic nitrogens is 2. The van der Waals surface area contributed by atoms with Crippen LogP contribution >= 0.6 is 0 Å². The highest BCUT2D eigenvalue weighted by molar-refractivity contribution is 5.94. The quantitative estimate of drug-likeness (QED) is 0.857. The number of nitrogens with one attached hydrogen (secondary N) is 2. The summed E-state index contributed by atoms with van der Waals surface area (Å²) in [5.74, 6) is -0.219. The number of alkyl halides is 3. The summed E-state index contributed by atoms with van der Waals surface area (Å²) >= 11 is 0. The van der Waals surface area contributed by atoms with Gasteiger partial charge in [-0.3, -0.25) is 9.89 Å². The second-order valence-electron chi connectivity index (χ2n) is 7.20. The number of halogens is 3. The first-order valence-electron chi connectivity index (χ1n) is 9.13. The minimum Gasteiger partial charge on any atom is -0.327 e. The molecule has 1 aliphatic heterocycles. The normalized spacial score (nSPS) is 18.1. The van der Waals surface area contributed by atoms with Crippen LogP contribution in [0.15, 0.2) is 24.3 Å². The Kier molecular flexibility index (Phi) is 4.46. The zero-order valence-electron chi connectivity index (χ0n) is 14.9. The highest BCUT2D eigenvalue weighted by atomic mass is 19.4. The maximum atomic E-state index is 13.2. The molecule has 2 N–H and O–H groups in total. The van der Waals surface area contributed by atoms with E-state index in [1.54, 1.807) is 17.9 Å². The number of amides is 1. The molecule has 1 unspecified atom stereocenters. The number of fused-ring (bicyclic) bond motifs is 1. The molecule has 0 spiro atoms. The van der Waals surface area contributed by atoms with Crippen LogP contribution in [0.2, 0.25) is 0 Å². The van der Waals surface area contributed by atoms with Crippen molar-refractivity contribution in [1.82, 2.24) is 20.4 Å². The molecule has 8 heteroatoms. The fraction of sp³-hybridized carbons (Fsp3) is 0.474. The fourth-order valence-corrected chi connectivity index (χ4v) is 3.67. The Morgan fingerprint density at radius 3 is 2.81 bits per heavy atom. The van der Waals surface area contributed by atoms with Gasteiger partial charge < -0.3 is 10.2 Å². The molecule has 144 valence electrons. The van der Waals surface area contributed by atoms with E-state index in [4.69, 9.17) is 0 Å². The summed E-state index contributed by atoms with van der Waals surface area (Å²) in [5.41, 5.74) is 1.99. The van der Waals surface area contributed by atoms with E-state index in [9.17, 15) is 18.0 Å². The predicted octanol–water partition coefficient (Wildman–Crippen LogP) is 3.44. The zero-order valence-corrected chi connectivity index (χ0v) is 14.9. The van der Waals surface area contributed by atoms with Gasteiger partial charge >= 0.3 is 6.18 Å². The number of benzene rings is 1. The van der Waals surface area contributed by atoms with E-state index in [1.165, 1.54) is 6.07 Å². The molecule has 27 heavy (non-hydrogen) atoms. The minimum atomic E-state index is -4.41. The van der Waals surface area contributed by atoms with Gasteiger partial charge in [0, 0.05) is 36.8 Å². The molecule has 1 fully saturated rings. The van der Waals surface area contributed by atoms with Crippen molar-refractivity contribution in [1.29, 1.82) is 0 Å². The van der Waals surface area contributed by atoms with Crippen LogP contribution in [0.5, 0.6) is 0 Å². The van der Waals surface area contributed by atoms with Crippen molar-refractivity contribution >= 4 is 5.91 Å². The average Bonchev–Trinajstić information content (AvgIpc) is 3.38. The molecule has 1 aromatic carbocycles. The van der Waals surface area contributed by atoms with Crippen LogP contribution in [0, 0.1) is 0 Å². The molecule has 0 bridgehead atoms. The average molecular weight is 378 g/mol. The maximum absolute atomic E-state index is 13.2. The van der Waals surface area contributed by atoms with E-state index in [1.807, 2.05) is 0 Å². The first kappa shape index (κ1) is 18.0. The molecule has 1 atom stereocenters. The Labute approximate surface area is 154 Å². The van der Waals surface area contributed by atoms with Gasteiger partial charge in [-0.1, -0.05) is 12.1 Å². The summed E-state index contributed by atoms with van der Waals surface area (Å²) in [4.78, 5) is 14.9. The van der Waals surface area contributed by atoms with Gasteiger partial charge in [0.15, 0.2) is 5.69 Å². The van der Waals surface area contributed by atoms with Crippen molar-refractivity contribution in [3.8, 4) is 0 Å². The molecule has 0 radical (unpaired) electrons. The van der Waals surface area contributed by atoms with Gasteiger partial charge in [0.05, 0.1) is 11.6 Å². The standard InChI is InChI=1S/C19H21F3N4O/c1-11(12-3-2-4-13(9-12)19(20,21)22)26(14-5-6-14)18(27)17-15-10-23-8-7-16(15)24-25-17/h2-4,9,11,14,23H,5-8,10H2,1H3,(H,24,25). The monoisotopic (exact) mass is 378 g/mol. The summed E-state index contributed by atoms with van der Waals surface area (Å²) in [6.07, 6.45) is -1.90. The van der Waals surface area contributed by atoms with Gasteiger partial charge in [0.25, 0.3) is 5.91 Å². The first-order chi connectivity index (χ1) is 12.9. The molecular weight excluding hydrogens is 357 g/mol. The minimum absolute atomic E-state index is 0.0472. The number of carbonyl (C=O) groups is 1. The van der Waals surface area contributed by atoms with Crippen molar-refractivity contribution in [3.63, 3.8) is 0 Å². The fourth-order valence-electron chi connectivity index (χ4n) is 3.67. The SMILES string of the molecule is CC(c1cccc(C(F)(F)F)c1)N(C(=O)c1n[nH]c2c1CNCC2)C1CC1. The summed E-state index contributed by atoms with van der Waals surface area (Å²) in [6.45, 7) is 3.18. The van der Waals surface area contributed by atoms with E-state index in [0.717, 1.165) is 49.2 Å². The van der Waals surface area contributed by atoms with Gasteiger partial charge in [0.2, 0.25) is 0 Å². The third-order valence-corrected chi connectivity index (χ3v) is 5.30. The molecule has 0 saturated heterocycles. The number of rotatable bonds is 4. The third kappa shape index (κ3) is 3.45. The lowest BCUT2D eigenvalue weighted by molar-refractivity contribution is -0.137. The molecule has 1 saturated carbocycles. The molecule has 1 aromatic heterocycles. The van der Waals surface area contributed by atoms with E-state index >= 15 is 0 Å². The van der Waals surface area contributed by atoms with Crippen LogP contribution in [-0.2, 0) is 19.1 Å². The Morgan fingerprint density at radius 1 is 1.33 bits per heavy atom. The molecule has 1 amide bonds. The van der Waals surface area contributed by atoms with Crippen molar-refractivity contribution in [3.05, 3.63) is 52.3 Å².